The van der Waals surface area contributed by atoms with Crippen molar-refractivity contribution < 1.29 is 22.7 Å². The van der Waals surface area contributed by atoms with Crippen molar-refractivity contribution >= 4 is 18.2 Å². The Hall–Kier alpha value is -1.17. The molecule has 0 unspecified atom stereocenters. The molecule has 0 aliphatic rings. The lowest BCUT2D eigenvalue weighted by atomic mass is 10.2. The van der Waals surface area contributed by atoms with E-state index in [0.717, 1.165) is 0 Å². The van der Waals surface area contributed by atoms with Gasteiger partial charge in [-0.25, -0.2) is 0 Å². The van der Waals surface area contributed by atoms with Crippen LogP contribution in [0, 0.1) is 0 Å². The summed E-state index contributed by atoms with van der Waals surface area (Å²) < 4.78 is 40.4. The van der Waals surface area contributed by atoms with Crippen LogP contribution in [0.2, 0.25) is 0 Å². The second-order valence-electron chi connectivity index (χ2n) is 2.60. The fourth-order valence-electron chi connectivity index (χ4n) is 0.963. The van der Waals surface area contributed by atoms with Crippen LogP contribution in [0.25, 0.3) is 0 Å². The van der Waals surface area contributed by atoms with Crippen molar-refractivity contribution in [1.29, 1.82) is 0 Å². The summed E-state index contributed by atoms with van der Waals surface area (Å²) >= 11 is -0.196. The van der Waals surface area contributed by atoms with Gasteiger partial charge < -0.3 is 4.74 Å². The maximum Gasteiger partial charge on any atom is 0.446 e. The van der Waals surface area contributed by atoms with Crippen LogP contribution >= 0.6 is 11.8 Å². The molecule has 0 aliphatic heterocycles. The molecule has 0 aromatic heterocycles. The largest absolute Gasteiger partial charge is 0.463 e. The third-order valence-corrected chi connectivity index (χ3v) is 2.17. The molecule has 1 aromatic rings. The zero-order valence-electron chi connectivity index (χ0n) is 7.45. The monoisotopic (exact) mass is 236 g/mol. The lowest BCUT2D eigenvalue weighted by Crippen LogP contribution is -1.99. The smallest absolute Gasteiger partial charge is 0.446 e. The number of carbonyl (C=O) groups excluding carboxylic acids is 1. The van der Waals surface area contributed by atoms with E-state index in [1.54, 1.807) is 6.07 Å². The number of hydrogen-bond acceptors (Lipinski definition) is 3. The van der Waals surface area contributed by atoms with Gasteiger partial charge in [0.1, 0.15) is 6.61 Å². The van der Waals surface area contributed by atoms with Crippen LogP contribution in [0.15, 0.2) is 29.2 Å². The third kappa shape index (κ3) is 4.73. The predicted molar refractivity (Wildman–Crippen MR) is 49.2 cm³/mol. The summed E-state index contributed by atoms with van der Waals surface area (Å²) in [5, 5.41) is 0. The van der Waals surface area contributed by atoms with Gasteiger partial charge in [-0.2, -0.15) is 13.2 Å². The molecular weight excluding hydrogens is 229 g/mol. The van der Waals surface area contributed by atoms with Gasteiger partial charge >= 0.3 is 5.51 Å². The average molecular weight is 236 g/mol. The Morgan fingerprint density at radius 3 is 2.73 bits per heavy atom. The standard InChI is InChI=1S/C9H7F3O2S/c10-9(11,12)15-8-3-1-2-7(4-8)5-14-6-13/h1-4,6H,5H2. The molecule has 0 radical (unpaired) electrons. The number of thioether (sulfide) groups is 1. The normalized spacial score (nSPS) is 11.1. The molecule has 1 rings (SSSR count). The van der Waals surface area contributed by atoms with Crippen molar-refractivity contribution in [2.24, 2.45) is 0 Å². The Labute approximate surface area is 88.4 Å². The van der Waals surface area contributed by atoms with Gasteiger partial charge in [0.2, 0.25) is 0 Å². The Morgan fingerprint density at radius 2 is 2.13 bits per heavy atom. The SMILES string of the molecule is O=COCc1cccc(SC(F)(F)F)c1. The minimum atomic E-state index is -4.30. The molecule has 0 spiro atoms. The first kappa shape index (κ1) is 11.9. The Morgan fingerprint density at radius 1 is 1.40 bits per heavy atom. The summed E-state index contributed by atoms with van der Waals surface area (Å²) in [4.78, 5) is 9.96. The minimum absolute atomic E-state index is 0.0181. The highest BCUT2D eigenvalue weighted by molar-refractivity contribution is 8.00. The van der Waals surface area contributed by atoms with Crippen molar-refractivity contribution in [3.05, 3.63) is 29.8 Å². The summed E-state index contributed by atoms with van der Waals surface area (Å²) in [7, 11) is 0. The number of hydrogen-bond donors (Lipinski definition) is 0. The van der Waals surface area contributed by atoms with Gasteiger partial charge in [-0.15, -0.1) is 0 Å². The first-order chi connectivity index (χ1) is 7.01. The number of benzene rings is 1. The number of ether oxygens (including phenoxy) is 1. The average Bonchev–Trinajstić information content (AvgIpc) is 2.12. The molecule has 0 saturated heterocycles. The molecule has 1 aromatic carbocycles. The summed E-state index contributed by atoms with van der Waals surface area (Å²) in [6.45, 7) is 0.235. The van der Waals surface area contributed by atoms with Crippen LogP contribution in [0.4, 0.5) is 13.2 Å². The summed E-state index contributed by atoms with van der Waals surface area (Å²) in [6, 6.07) is 5.76. The first-order valence-electron chi connectivity index (χ1n) is 3.91. The van der Waals surface area contributed by atoms with Crippen molar-refractivity contribution in [2.45, 2.75) is 17.0 Å². The molecule has 0 bridgehead atoms. The topological polar surface area (TPSA) is 26.3 Å². The Bertz CT molecular complexity index is 338. The van der Waals surface area contributed by atoms with Crippen molar-refractivity contribution in [1.82, 2.24) is 0 Å². The summed E-state index contributed by atoms with van der Waals surface area (Å²) in [5.74, 6) is 0. The zero-order chi connectivity index (χ0) is 11.3. The van der Waals surface area contributed by atoms with Crippen LogP contribution in [-0.4, -0.2) is 12.0 Å². The van der Waals surface area contributed by atoms with Crippen molar-refractivity contribution in [2.75, 3.05) is 0 Å². The van der Waals surface area contributed by atoms with Gasteiger partial charge in [-0.3, -0.25) is 4.79 Å². The Balaban J connectivity index is 2.69. The van der Waals surface area contributed by atoms with E-state index in [1.807, 2.05) is 0 Å². The maximum absolute atomic E-state index is 12.0. The molecule has 15 heavy (non-hydrogen) atoms. The minimum Gasteiger partial charge on any atom is -0.463 e. The molecule has 0 heterocycles. The van der Waals surface area contributed by atoms with Gasteiger partial charge in [0, 0.05) is 4.90 Å². The van der Waals surface area contributed by atoms with E-state index in [1.165, 1.54) is 18.2 Å². The second-order valence-corrected chi connectivity index (χ2v) is 3.74. The summed E-state index contributed by atoms with van der Waals surface area (Å²) in [6.07, 6.45) is 0. The second kappa shape index (κ2) is 5.06. The van der Waals surface area contributed by atoms with E-state index in [9.17, 15) is 18.0 Å². The molecule has 0 amide bonds. The van der Waals surface area contributed by atoms with Crippen LogP contribution in [-0.2, 0) is 16.1 Å². The highest BCUT2D eigenvalue weighted by atomic mass is 32.2. The zero-order valence-corrected chi connectivity index (χ0v) is 8.27. The Kier molecular flexibility index (Phi) is 4.02. The first-order valence-corrected chi connectivity index (χ1v) is 4.73. The fourth-order valence-corrected chi connectivity index (χ4v) is 1.59. The molecule has 0 atom stereocenters. The maximum atomic E-state index is 12.0. The molecule has 0 N–H and O–H groups in total. The lowest BCUT2D eigenvalue weighted by Gasteiger charge is -2.06. The van der Waals surface area contributed by atoms with E-state index in [0.29, 0.717) is 5.56 Å². The van der Waals surface area contributed by atoms with Crippen LogP contribution in [0.3, 0.4) is 0 Å². The van der Waals surface area contributed by atoms with Crippen molar-refractivity contribution in [3.8, 4) is 0 Å². The van der Waals surface area contributed by atoms with Gasteiger partial charge in [-0.1, -0.05) is 12.1 Å². The van der Waals surface area contributed by atoms with Crippen LogP contribution < -0.4 is 0 Å². The van der Waals surface area contributed by atoms with Crippen molar-refractivity contribution in [3.63, 3.8) is 0 Å². The van der Waals surface area contributed by atoms with Gasteiger partial charge in [0.05, 0.1) is 0 Å². The molecule has 82 valence electrons. The molecule has 0 saturated carbocycles. The summed E-state index contributed by atoms with van der Waals surface area (Å²) in [5.41, 5.74) is -3.78. The van der Waals surface area contributed by atoms with E-state index in [2.05, 4.69) is 4.74 Å². The van der Waals surface area contributed by atoms with E-state index in [4.69, 9.17) is 0 Å². The van der Waals surface area contributed by atoms with E-state index < -0.39 is 5.51 Å². The fraction of sp³-hybridized carbons (Fsp3) is 0.222. The van der Waals surface area contributed by atoms with E-state index in [-0.39, 0.29) is 29.7 Å². The molecular formula is C9H7F3O2S. The van der Waals surface area contributed by atoms with Gasteiger partial charge in [-0.05, 0) is 29.5 Å². The number of rotatable bonds is 4. The van der Waals surface area contributed by atoms with Crippen LogP contribution in [0.5, 0.6) is 0 Å². The molecule has 0 aliphatic carbocycles. The van der Waals surface area contributed by atoms with E-state index >= 15 is 0 Å². The van der Waals surface area contributed by atoms with Gasteiger partial charge in [0.25, 0.3) is 6.47 Å². The molecule has 6 heteroatoms. The highest BCUT2D eigenvalue weighted by Gasteiger charge is 2.29. The van der Waals surface area contributed by atoms with Gasteiger partial charge in [0.15, 0.2) is 0 Å². The third-order valence-electron chi connectivity index (χ3n) is 1.45. The number of carbonyl (C=O) groups is 1. The van der Waals surface area contributed by atoms with Crippen LogP contribution in [0.1, 0.15) is 5.56 Å². The molecule has 2 nitrogen and oxygen atoms in total. The predicted octanol–water partition coefficient (Wildman–Crippen LogP) is 2.97. The lowest BCUT2D eigenvalue weighted by molar-refractivity contribution is -0.129. The number of alkyl halides is 3. The quantitative estimate of drug-likeness (QED) is 0.593. The molecule has 0 fully saturated rings. The number of halogens is 3. The highest BCUT2D eigenvalue weighted by Crippen LogP contribution is 2.36.